The van der Waals surface area contributed by atoms with Gasteiger partial charge in [-0.25, -0.2) is 0 Å². The summed E-state index contributed by atoms with van der Waals surface area (Å²) in [7, 11) is 2.10. The van der Waals surface area contributed by atoms with Crippen LogP contribution in [0.1, 0.15) is 30.7 Å². The van der Waals surface area contributed by atoms with Gasteiger partial charge in [0.1, 0.15) is 5.75 Å². The first-order valence-corrected chi connectivity index (χ1v) is 8.23. The smallest absolute Gasteiger partial charge is 0.205 e. The zero-order valence-corrected chi connectivity index (χ0v) is 14.5. The van der Waals surface area contributed by atoms with Crippen LogP contribution in [0, 0.1) is 6.92 Å². The SMILES string of the molecule is Cc1ncc(CN2CCN(C)CC2CO)c2c1OC(C)(C)OC2. The fourth-order valence-corrected chi connectivity index (χ4v) is 3.28. The van der Waals surface area contributed by atoms with Gasteiger partial charge < -0.3 is 19.5 Å². The number of piperazine rings is 1. The molecule has 1 aromatic rings. The van der Waals surface area contributed by atoms with Gasteiger partial charge >= 0.3 is 0 Å². The molecule has 1 aromatic heterocycles. The maximum absolute atomic E-state index is 9.68. The molecular formula is C17H27N3O3. The van der Waals surface area contributed by atoms with Gasteiger partial charge in [-0.05, 0) is 19.5 Å². The summed E-state index contributed by atoms with van der Waals surface area (Å²) in [5.41, 5.74) is 3.12. The minimum atomic E-state index is -0.612. The van der Waals surface area contributed by atoms with Crippen molar-refractivity contribution in [1.29, 1.82) is 0 Å². The fourth-order valence-electron chi connectivity index (χ4n) is 3.28. The van der Waals surface area contributed by atoms with Crippen LogP contribution < -0.4 is 4.74 Å². The standard InChI is InChI=1S/C17H27N3O3/c1-12-16-15(11-22-17(2,3)23-16)13(7-18-12)8-20-6-5-19(4)9-14(20)10-21/h7,14,21H,5-6,8-11H2,1-4H3. The van der Waals surface area contributed by atoms with E-state index in [2.05, 4.69) is 21.8 Å². The highest BCUT2D eigenvalue weighted by atomic mass is 16.7. The maximum atomic E-state index is 9.68. The van der Waals surface area contributed by atoms with Crippen molar-refractivity contribution < 1.29 is 14.6 Å². The lowest BCUT2D eigenvalue weighted by atomic mass is 10.0. The largest absolute Gasteiger partial charge is 0.461 e. The lowest BCUT2D eigenvalue weighted by Crippen LogP contribution is -2.53. The Morgan fingerprint density at radius 2 is 2.17 bits per heavy atom. The average molecular weight is 321 g/mol. The van der Waals surface area contributed by atoms with Gasteiger partial charge in [-0.1, -0.05) is 0 Å². The topological polar surface area (TPSA) is 58.1 Å². The van der Waals surface area contributed by atoms with Gasteiger partial charge in [0.15, 0.2) is 0 Å². The average Bonchev–Trinajstić information content (AvgIpc) is 2.51. The van der Waals surface area contributed by atoms with Crippen LogP contribution in [0.4, 0.5) is 0 Å². The molecular weight excluding hydrogens is 294 g/mol. The second-order valence-corrected chi connectivity index (χ2v) is 7.04. The summed E-state index contributed by atoms with van der Waals surface area (Å²) >= 11 is 0. The predicted molar refractivity (Wildman–Crippen MR) is 87.3 cm³/mol. The molecule has 6 nitrogen and oxygen atoms in total. The number of likely N-dealkylation sites (N-methyl/N-ethyl adjacent to an activating group) is 1. The molecule has 2 aliphatic rings. The molecule has 0 saturated carbocycles. The number of ether oxygens (including phenoxy) is 2. The Hall–Kier alpha value is -1.21. The summed E-state index contributed by atoms with van der Waals surface area (Å²) in [4.78, 5) is 9.09. The second-order valence-electron chi connectivity index (χ2n) is 7.04. The first-order chi connectivity index (χ1) is 10.9. The van der Waals surface area contributed by atoms with Crippen molar-refractivity contribution in [3.8, 4) is 5.75 Å². The predicted octanol–water partition coefficient (Wildman–Crippen LogP) is 1.14. The summed E-state index contributed by atoms with van der Waals surface area (Å²) in [5, 5.41) is 9.68. The van der Waals surface area contributed by atoms with E-state index >= 15 is 0 Å². The molecule has 0 aromatic carbocycles. The Morgan fingerprint density at radius 1 is 1.39 bits per heavy atom. The molecule has 2 aliphatic heterocycles. The highest BCUT2D eigenvalue weighted by Gasteiger charge is 2.32. The van der Waals surface area contributed by atoms with Crippen molar-refractivity contribution >= 4 is 0 Å². The molecule has 0 spiro atoms. The molecule has 0 bridgehead atoms. The third-order valence-electron chi connectivity index (χ3n) is 4.71. The maximum Gasteiger partial charge on any atom is 0.205 e. The van der Waals surface area contributed by atoms with Crippen LogP contribution in [-0.2, 0) is 17.9 Å². The van der Waals surface area contributed by atoms with Gasteiger partial charge in [0.2, 0.25) is 5.79 Å². The zero-order valence-electron chi connectivity index (χ0n) is 14.5. The lowest BCUT2D eigenvalue weighted by Gasteiger charge is -2.40. The number of aliphatic hydroxyl groups excluding tert-OH is 1. The van der Waals surface area contributed by atoms with E-state index in [9.17, 15) is 5.11 Å². The van der Waals surface area contributed by atoms with Gasteiger partial charge in [-0.2, -0.15) is 0 Å². The second kappa shape index (κ2) is 6.36. The minimum absolute atomic E-state index is 0.160. The molecule has 3 rings (SSSR count). The summed E-state index contributed by atoms with van der Waals surface area (Å²) < 4.78 is 11.8. The molecule has 6 heteroatoms. The van der Waals surface area contributed by atoms with Gasteiger partial charge in [-0.15, -0.1) is 0 Å². The highest BCUT2D eigenvalue weighted by molar-refractivity contribution is 5.42. The molecule has 1 saturated heterocycles. The molecule has 0 radical (unpaired) electrons. The van der Waals surface area contributed by atoms with Crippen molar-refractivity contribution in [2.75, 3.05) is 33.3 Å². The molecule has 1 atom stereocenters. The van der Waals surface area contributed by atoms with Crippen molar-refractivity contribution in [2.24, 2.45) is 0 Å². The number of aliphatic hydroxyl groups is 1. The lowest BCUT2D eigenvalue weighted by molar-refractivity contribution is -0.181. The van der Waals surface area contributed by atoms with E-state index in [4.69, 9.17) is 9.47 Å². The summed E-state index contributed by atoms with van der Waals surface area (Å²) in [5.74, 6) is 0.243. The Labute approximate surface area is 138 Å². The van der Waals surface area contributed by atoms with Crippen LogP contribution in [0.3, 0.4) is 0 Å². The van der Waals surface area contributed by atoms with Crippen molar-refractivity contribution in [3.63, 3.8) is 0 Å². The summed E-state index contributed by atoms with van der Waals surface area (Å²) in [6.07, 6.45) is 1.92. The monoisotopic (exact) mass is 321 g/mol. The first kappa shape index (κ1) is 16.6. The number of aryl methyl sites for hydroxylation is 1. The number of aromatic nitrogens is 1. The van der Waals surface area contributed by atoms with E-state index in [0.29, 0.717) is 6.61 Å². The van der Waals surface area contributed by atoms with Gasteiger partial charge in [0, 0.05) is 57.8 Å². The Kier molecular flexibility index (Phi) is 4.60. The third-order valence-corrected chi connectivity index (χ3v) is 4.71. The van der Waals surface area contributed by atoms with E-state index < -0.39 is 5.79 Å². The van der Waals surface area contributed by atoms with Crippen molar-refractivity contribution in [1.82, 2.24) is 14.8 Å². The third kappa shape index (κ3) is 3.50. The van der Waals surface area contributed by atoms with Crippen molar-refractivity contribution in [2.45, 2.75) is 45.8 Å². The normalized spacial score (nSPS) is 25.0. The molecule has 3 heterocycles. The number of hydrogen-bond donors (Lipinski definition) is 1. The molecule has 0 amide bonds. The van der Waals surface area contributed by atoms with Gasteiger partial charge in [0.25, 0.3) is 0 Å². The van der Waals surface area contributed by atoms with Crippen LogP contribution >= 0.6 is 0 Å². The van der Waals surface area contributed by atoms with Gasteiger partial charge in [0.05, 0.1) is 18.9 Å². The fraction of sp³-hybridized carbons (Fsp3) is 0.706. The number of hydrogen-bond acceptors (Lipinski definition) is 6. The number of pyridine rings is 1. The zero-order chi connectivity index (χ0) is 16.6. The molecule has 1 fully saturated rings. The highest BCUT2D eigenvalue weighted by Crippen LogP contribution is 2.35. The molecule has 128 valence electrons. The Bertz CT molecular complexity index is 576. The van der Waals surface area contributed by atoms with Gasteiger partial charge in [-0.3, -0.25) is 9.88 Å². The quantitative estimate of drug-likeness (QED) is 0.901. The minimum Gasteiger partial charge on any atom is -0.461 e. The Morgan fingerprint density at radius 3 is 2.91 bits per heavy atom. The Balaban J connectivity index is 1.84. The molecule has 1 N–H and O–H groups in total. The van der Waals surface area contributed by atoms with E-state index in [-0.39, 0.29) is 12.6 Å². The summed E-state index contributed by atoms with van der Waals surface area (Å²) in [6, 6.07) is 0.160. The van der Waals surface area contributed by atoms with E-state index in [0.717, 1.165) is 48.7 Å². The van der Waals surface area contributed by atoms with E-state index in [1.807, 2.05) is 27.0 Å². The first-order valence-electron chi connectivity index (χ1n) is 8.23. The van der Waals surface area contributed by atoms with Crippen LogP contribution in [0.15, 0.2) is 6.20 Å². The van der Waals surface area contributed by atoms with Crippen LogP contribution in [0.25, 0.3) is 0 Å². The van der Waals surface area contributed by atoms with E-state index in [1.165, 1.54) is 0 Å². The number of rotatable bonds is 3. The molecule has 1 unspecified atom stereocenters. The molecule has 23 heavy (non-hydrogen) atoms. The molecule has 0 aliphatic carbocycles. The van der Waals surface area contributed by atoms with E-state index in [1.54, 1.807) is 0 Å². The number of fused-ring (bicyclic) bond motifs is 1. The number of nitrogens with zero attached hydrogens (tertiary/aromatic N) is 3. The van der Waals surface area contributed by atoms with Crippen LogP contribution in [-0.4, -0.2) is 65.0 Å². The van der Waals surface area contributed by atoms with Crippen LogP contribution in [0.5, 0.6) is 5.75 Å². The van der Waals surface area contributed by atoms with Crippen molar-refractivity contribution in [3.05, 3.63) is 23.0 Å². The summed E-state index contributed by atoms with van der Waals surface area (Å²) in [6.45, 7) is 10.1. The van der Waals surface area contributed by atoms with Crippen LogP contribution in [0.2, 0.25) is 0 Å².